The van der Waals surface area contributed by atoms with Gasteiger partial charge in [0.15, 0.2) is 11.6 Å². The Morgan fingerprint density at radius 1 is 1.48 bits per heavy atom. The predicted molar refractivity (Wildman–Crippen MR) is 82.4 cm³/mol. The number of ether oxygens (including phenoxy) is 1. The van der Waals surface area contributed by atoms with E-state index in [9.17, 15) is 4.39 Å². The molecule has 0 bridgehead atoms. The molecule has 0 aliphatic carbocycles. The van der Waals surface area contributed by atoms with Crippen molar-refractivity contribution >= 4 is 6.20 Å². The molecule has 0 aliphatic rings. The molecule has 0 amide bonds. The highest BCUT2D eigenvalue weighted by molar-refractivity contribution is 5.61. The van der Waals surface area contributed by atoms with Crippen molar-refractivity contribution in [3.63, 3.8) is 0 Å². The molecule has 0 saturated carbocycles. The van der Waals surface area contributed by atoms with Crippen LogP contribution in [0.3, 0.4) is 0 Å². The highest BCUT2D eigenvalue weighted by Crippen LogP contribution is 2.25. The number of likely N-dealkylation sites (N-methyl/N-ethyl adjacent to an activating group) is 1. The monoisotopic (exact) mass is 287 g/mol. The van der Waals surface area contributed by atoms with Gasteiger partial charge in [0.2, 0.25) is 0 Å². The van der Waals surface area contributed by atoms with Gasteiger partial charge in [-0.25, -0.2) is 9.37 Å². The molecule has 0 fully saturated rings. The van der Waals surface area contributed by atoms with Crippen molar-refractivity contribution in [2.45, 2.75) is 6.92 Å². The number of hydrogen-bond donors (Lipinski definition) is 1. The zero-order valence-electron chi connectivity index (χ0n) is 12.4. The van der Waals surface area contributed by atoms with Gasteiger partial charge in [-0.05, 0) is 31.2 Å². The maximum atomic E-state index is 13.7. The Morgan fingerprint density at radius 3 is 2.86 bits per heavy atom. The lowest BCUT2D eigenvalue weighted by molar-refractivity contribution is 0.386. The Bertz CT molecular complexity index is 689. The molecule has 110 valence electrons. The van der Waals surface area contributed by atoms with Crippen LogP contribution >= 0.6 is 0 Å². The van der Waals surface area contributed by atoms with E-state index in [1.54, 1.807) is 19.2 Å². The van der Waals surface area contributed by atoms with E-state index < -0.39 is 5.82 Å². The lowest BCUT2D eigenvalue weighted by atomic mass is 10.1. The van der Waals surface area contributed by atoms with Crippen molar-refractivity contribution in [2.75, 3.05) is 14.2 Å². The molecule has 0 atom stereocenters. The van der Waals surface area contributed by atoms with Crippen LogP contribution < -0.4 is 10.1 Å². The molecule has 1 aromatic carbocycles. The van der Waals surface area contributed by atoms with Gasteiger partial charge in [-0.2, -0.15) is 0 Å². The number of methoxy groups -OCH3 is 1. The molecule has 2 rings (SSSR count). The average Bonchev–Trinajstić information content (AvgIpc) is 2.85. The van der Waals surface area contributed by atoms with E-state index in [1.165, 1.54) is 13.2 Å². The summed E-state index contributed by atoms with van der Waals surface area (Å²) in [6.45, 7) is 5.70. The zero-order chi connectivity index (χ0) is 15.4. The second-order valence-electron chi connectivity index (χ2n) is 4.52. The first-order chi connectivity index (χ1) is 10.0. The number of aromatic nitrogens is 2. The van der Waals surface area contributed by atoms with Gasteiger partial charge in [-0.15, -0.1) is 0 Å². The van der Waals surface area contributed by atoms with Gasteiger partial charge in [-0.1, -0.05) is 6.58 Å². The van der Waals surface area contributed by atoms with Gasteiger partial charge in [0.1, 0.15) is 5.82 Å². The summed E-state index contributed by atoms with van der Waals surface area (Å²) >= 11 is 0. The molecule has 21 heavy (non-hydrogen) atoms. The minimum atomic E-state index is -0.402. The summed E-state index contributed by atoms with van der Waals surface area (Å²) in [7, 11) is 3.25. The minimum Gasteiger partial charge on any atom is -0.494 e. The molecule has 1 aromatic heterocycles. The van der Waals surface area contributed by atoms with Crippen LogP contribution in [0.4, 0.5) is 4.39 Å². The molecule has 2 aromatic rings. The SMILES string of the molecule is C=C(/C=C\n1cc(-c2ccc(OC)c(F)c2)nc1C)NC. The summed E-state index contributed by atoms with van der Waals surface area (Å²) in [6, 6.07) is 4.79. The molecule has 4 nitrogen and oxygen atoms in total. The standard InChI is InChI=1S/C16H18FN3O/c1-11(18-3)7-8-20-10-15(19-12(20)2)13-5-6-16(21-4)14(17)9-13/h5-10,18H,1H2,2-4H3/b8-7-. The third kappa shape index (κ3) is 3.31. The van der Waals surface area contributed by atoms with E-state index in [0.717, 1.165) is 11.5 Å². The predicted octanol–water partition coefficient (Wildman–Crippen LogP) is 3.21. The van der Waals surface area contributed by atoms with Gasteiger partial charge in [0.05, 0.1) is 12.8 Å². The first kappa shape index (κ1) is 14.8. The number of nitrogens with zero attached hydrogens (tertiary/aromatic N) is 2. The van der Waals surface area contributed by atoms with E-state index in [-0.39, 0.29) is 5.75 Å². The third-order valence-electron chi connectivity index (χ3n) is 3.12. The first-order valence-electron chi connectivity index (χ1n) is 6.49. The van der Waals surface area contributed by atoms with Crippen molar-refractivity contribution in [3.05, 3.63) is 54.4 Å². The van der Waals surface area contributed by atoms with Crippen LogP contribution in [0.5, 0.6) is 5.75 Å². The number of halogens is 1. The summed E-state index contributed by atoms with van der Waals surface area (Å²) < 4.78 is 20.5. The number of imidazole rings is 1. The maximum absolute atomic E-state index is 13.7. The van der Waals surface area contributed by atoms with Gasteiger partial charge in [0.25, 0.3) is 0 Å². The topological polar surface area (TPSA) is 39.1 Å². The van der Waals surface area contributed by atoms with E-state index in [0.29, 0.717) is 11.3 Å². The normalized spacial score (nSPS) is 10.9. The Labute approximate surface area is 123 Å². The Kier molecular flexibility index (Phi) is 4.42. The second-order valence-corrected chi connectivity index (χ2v) is 4.52. The van der Waals surface area contributed by atoms with Crippen LogP contribution in [-0.2, 0) is 0 Å². The van der Waals surface area contributed by atoms with Crippen LogP contribution in [-0.4, -0.2) is 23.7 Å². The summed E-state index contributed by atoms with van der Waals surface area (Å²) in [4.78, 5) is 4.44. The summed E-state index contributed by atoms with van der Waals surface area (Å²) in [5, 5.41) is 2.93. The molecule has 1 N–H and O–H groups in total. The highest BCUT2D eigenvalue weighted by atomic mass is 19.1. The molecule has 0 radical (unpaired) electrons. The molecule has 0 spiro atoms. The number of hydrogen-bond acceptors (Lipinski definition) is 3. The lowest BCUT2D eigenvalue weighted by Gasteiger charge is -2.02. The van der Waals surface area contributed by atoms with Crippen molar-refractivity contribution < 1.29 is 9.13 Å². The fraction of sp³-hybridized carbons (Fsp3) is 0.188. The van der Waals surface area contributed by atoms with E-state index >= 15 is 0 Å². The molecule has 0 unspecified atom stereocenters. The van der Waals surface area contributed by atoms with Crippen LogP contribution in [0.2, 0.25) is 0 Å². The minimum absolute atomic E-state index is 0.222. The number of nitrogens with one attached hydrogen (secondary N) is 1. The van der Waals surface area contributed by atoms with Crippen molar-refractivity contribution in [3.8, 4) is 17.0 Å². The van der Waals surface area contributed by atoms with Gasteiger partial charge < -0.3 is 14.6 Å². The van der Waals surface area contributed by atoms with Gasteiger partial charge in [0, 0.05) is 30.7 Å². The molecule has 0 saturated heterocycles. The second kappa shape index (κ2) is 6.26. The van der Waals surface area contributed by atoms with Crippen molar-refractivity contribution in [1.29, 1.82) is 0 Å². The van der Waals surface area contributed by atoms with E-state index in [1.807, 2.05) is 30.0 Å². The lowest BCUT2D eigenvalue weighted by Crippen LogP contribution is -2.01. The fourth-order valence-corrected chi connectivity index (χ4v) is 1.86. The number of rotatable bonds is 5. The van der Waals surface area contributed by atoms with E-state index in [4.69, 9.17) is 4.74 Å². The summed E-state index contributed by atoms with van der Waals surface area (Å²) in [5.41, 5.74) is 2.20. The summed E-state index contributed by atoms with van der Waals surface area (Å²) in [5.74, 6) is 0.628. The average molecular weight is 287 g/mol. The van der Waals surface area contributed by atoms with Gasteiger partial charge >= 0.3 is 0 Å². The Balaban J connectivity index is 2.32. The fourth-order valence-electron chi connectivity index (χ4n) is 1.86. The Hall–Kier alpha value is -2.56. The third-order valence-corrected chi connectivity index (χ3v) is 3.12. The highest BCUT2D eigenvalue weighted by Gasteiger charge is 2.09. The number of aryl methyl sites for hydroxylation is 1. The molecular formula is C16H18FN3O. The molecule has 5 heteroatoms. The van der Waals surface area contributed by atoms with Gasteiger partial charge in [-0.3, -0.25) is 0 Å². The largest absolute Gasteiger partial charge is 0.494 e. The number of benzene rings is 1. The summed E-state index contributed by atoms with van der Waals surface area (Å²) in [6.07, 6.45) is 5.54. The quantitative estimate of drug-likeness (QED) is 0.858. The van der Waals surface area contributed by atoms with E-state index in [2.05, 4.69) is 16.9 Å². The van der Waals surface area contributed by atoms with Crippen molar-refractivity contribution in [1.82, 2.24) is 14.9 Å². The smallest absolute Gasteiger partial charge is 0.165 e. The Morgan fingerprint density at radius 2 is 2.24 bits per heavy atom. The number of allylic oxidation sites excluding steroid dienone is 1. The van der Waals surface area contributed by atoms with Crippen LogP contribution in [0, 0.1) is 12.7 Å². The van der Waals surface area contributed by atoms with Crippen LogP contribution in [0.15, 0.2) is 42.7 Å². The molecule has 0 aliphatic heterocycles. The first-order valence-corrected chi connectivity index (χ1v) is 6.49. The maximum Gasteiger partial charge on any atom is 0.165 e. The van der Waals surface area contributed by atoms with Crippen LogP contribution in [0.25, 0.3) is 17.5 Å². The van der Waals surface area contributed by atoms with Crippen LogP contribution in [0.1, 0.15) is 5.82 Å². The molecular weight excluding hydrogens is 269 g/mol. The van der Waals surface area contributed by atoms with Crippen molar-refractivity contribution in [2.24, 2.45) is 0 Å². The molecule has 1 heterocycles. The zero-order valence-corrected chi connectivity index (χ0v) is 12.4.